The Bertz CT molecular complexity index is 799. The number of hydrogen-bond acceptors (Lipinski definition) is 6. The SMILES string of the molecule is CCCOCCCC1(c2nc(Cl)nc3cc(CN4CCN(C)CC4)sc23)CC1. The number of hydrogen-bond donors (Lipinski definition) is 0. The maximum atomic E-state index is 6.32. The van der Waals surface area contributed by atoms with Crippen LogP contribution in [0.5, 0.6) is 0 Å². The highest BCUT2D eigenvalue weighted by Gasteiger charge is 2.46. The summed E-state index contributed by atoms with van der Waals surface area (Å²) in [5, 5.41) is 0.389. The lowest BCUT2D eigenvalue weighted by molar-refractivity contribution is 0.129. The van der Waals surface area contributed by atoms with Gasteiger partial charge in [0.25, 0.3) is 0 Å². The van der Waals surface area contributed by atoms with E-state index in [4.69, 9.17) is 21.3 Å². The van der Waals surface area contributed by atoms with Crippen LogP contribution in [0.3, 0.4) is 0 Å². The van der Waals surface area contributed by atoms with E-state index in [0.717, 1.165) is 70.7 Å². The third-order valence-electron chi connectivity index (χ3n) is 6.02. The molecule has 0 spiro atoms. The Kier molecular flexibility index (Phi) is 6.53. The molecule has 7 heteroatoms. The van der Waals surface area contributed by atoms with E-state index in [1.807, 2.05) is 11.3 Å². The van der Waals surface area contributed by atoms with Gasteiger partial charge < -0.3 is 9.64 Å². The third kappa shape index (κ3) is 4.68. The number of thiophene rings is 1. The molecule has 0 atom stereocenters. The molecule has 5 nitrogen and oxygen atoms in total. The van der Waals surface area contributed by atoms with Gasteiger partial charge in [-0.25, -0.2) is 9.97 Å². The van der Waals surface area contributed by atoms with Crippen molar-refractivity contribution in [2.45, 2.75) is 51.0 Å². The lowest BCUT2D eigenvalue weighted by atomic mass is 9.95. The van der Waals surface area contributed by atoms with Gasteiger partial charge in [0.1, 0.15) is 0 Å². The Labute approximate surface area is 177 Å². The zero-order valence-electron chi connectivity index (χ0n) is 17.0. The predicted octanol–water partition coefficient (Wildman–Crippen LogP) is 4.33. The largest absolute Gasteiger partial charge is 0.381 e. The van der Waals surface area contributed by atoms with Gasteiger partial charge in [-0.2, -0.15) is 0 Å². The van der Waals surface area contributed by atoms with Crippen molar-refractivity contribution >= 4 is 33.2 Å². The highest BCUT2D eigenvalue weighted by Crippen LogP contribution is 2.53. The van der Waals surface area contributed by atoms with Gasteiger partial charge >= 0.3 is 0 Å². The topological polar surface area (TPSA) is 41.5 Å². The Morgan fingerprint density at radius 3 is 2.68 bits per heavy atom. The van der Waals surface area contributed by atoms with E-state index in [2.05, 4.69) is 34.8 Å². The summed E-state index contributed by atoms with van der Waals surface area (Å²) in [6.45, 7) is 9.41. The Morgan fingerprint density at radius 1 is 1.18 bits per heavy atom. The Hall–Kier alpha value is -0.790. The van der Waals surface area contributed by atoms with Crippen LogP contribution in [0, 0.1) is 0 Å². The van der Waals surface area contributed by atoms with Gasteiger partial charge in [-0.05, 0) is 56.8 Å². The average molecular weight is 423 g/mol. The zero-order valence-corrected chi connectivity index (χ0v) is 18.6. The van der Waals surface area contributed by atoms with E-state index >= 15 is 0 Å². The van der Waals surface area contributed by atoms with Crippen LogP contribution in [0.4, 0.5) is 0 Å². The molecular formula is C21H31ClN4OS. The number of piperazine rings is 1. The monoisotopic (exact) mass is 422 g/mol. The van der Waals surface area contributed by atoms with Crippen LogP contribution in [0.2, 0.25) is 5.28 Å². The normalized spacial score (nSPS) is 20.1. The van der Waals surface area contributed by atoms with Crippen molar-refractivity contribution in [1.29, 1.82) is 0 Å². The van der Waals surface area contributed by atoms with Gasteiger partial charge in [0.15, 0.2) is 0 Å². The Morgan fingerprint density at radius 2 is 1.96 bits per heavy atom. The van der Waals surface area contributed by atoms with Crippen molar-refractivity contribution in [2.24, 2.45) is 0 Å². The van der Waals surface area contributed by atoms with Gasteiger partial charge in [0.2, 0.25) is 5.28 Å². The molecule has 0 aromatic carbocycles. The zero-order chi connectivity index (χ0) is 19.6. The number of likely N-dealkylation sites (N-methyl/N-ethyl adjacent to an activating group) is 1. The summed E-state index contributed by atoms with van der Waals surface area (Å²) in [7, 11) is 2.20. The smallest absolute Gasteiger partial charge is 0.223 e. The molecule has 1 saturated carbocycles. The fourth-order valence-electron chi connectivity index (χ4n) is 4.13. The quantitative estimate of drug-likeness (QED) is 0.444. The van der Waals surface area contributed by atoms with Crippen molar-refractivity contribution in [3.63, 3.8) is 0 Å². The number of halogens is 1. The van der Waals surface area contributed by atoms with E-state index in [0.29, 0.717) is 5.28 Å². The fraction of sp³-hybridized carbons (Fsp3) is 0.714. The molecule has 4 rings (SSSR count). The second kappa shape index (κ2) is 8.92. The minimum Gasteiger partial charge on any atom is -0.381 e. The molecule has 154 valence electrons. The van der Waals surface area contributed by atoms with Crippen molar-refractivity contribution in [2.75, 3.05) is 46.4 Å². The maximum Gasteiger partial charge on any atom is 0.223 e. The van der Waals surface area contributed by atoms with Crippen LogP contribution >= 0.6 is 22.9 Å². The van der Waals surface area contributed by atoms with Crippen LogP contribution < -0.4 is 0 Å². The second-order valence-electron chi connectivity index (χ2n) is 8.34. The predicted molar refractivity (Wildman–Crippen MR) is 116 cm³/mol. The minimum absolute atomic E-state index is 0.191. The van der Waals surface area contributed by atoms with Crippen LogP contribution in [-0.2, 0) is 16.7 Å². The van der Waals surface area contributed by atoms with Gasteiger partial charge in [0.05, 0.1) is 15.9 Å². The summed E-state index contributed by atoms with van der Waals surface area (Å²) in [5.41, 5.74) is 2.40. The lowest BCUT2D eigenvalue weighted by Crippen LogP contribution is -2.43. The summed E-state index contributed by atoms with van der Waals surface area (Å²) in [4.78, 5) is 15.6. The summed E-state index contributed by atoms with van der Waals surface area (Å²) >= 11 is 8.19. The molecule has 0 bridgehead atoms. The first-order valence-electron chi connectivity index (χ1n) is 10.5. The number of nitrogens with zero attached hydrogens (tertiary/aromatic N) is 4. The summed E-state index contributed by atoms with van der Waals surface area (Å²) < 4.78 is 6.93. The maximum absolute atomic E-state index is 6.32. The molecule has 2 aliphatic rings. The van der Waals surface area contributed by atoms with Crippen molar-refractivity contribution in [1.82, 2.24) is 19.8 Å². The molecule has 0 radical (unpaired) electrons. The standard InChI is InChI=1S/C21H31ClN4OS/c1-3-12-27-13-4-5-21(6-7-21)19-18-17(23-20(22)24-19)14-16(28-18)15-26-10-8-25(2)9-11-26/h14H,3-13,15H2,1-2H3. The first-order valence-corrected chi connectivity index (χ1v) is 11.7. The van der Waals surface area contributed by atoms with E-state index in [1.165, 1.54) is 28.1 Å². The first kappa shape index (κ1) is 20.5. The molecule has 2 aromatic rings. The molecule has 1 aliphatic heterocycles. The highest BCUT2D eigenvalue weighted by atomic mass is 35.5. The Balaban J connectivity index is 1.49. The summed E-state index contributed by atoms with van der Waals surface area (Å²) in [6, 6.07) is 2.23. The summed E-state index contributed by atoms with van der Waals surface area (Å²) in [6.07, 6.45) is 5.70. The molecule has 1 aliphatic carbocycles. The molecule has 0 N–H and O–H groups in total. The van der Waals surface area contributed by atoms with Crippen LogP contribution in [0.1, 0.15) is 49.6 Å². The number of aromatic nitrogens is 2. The van der Waals surface area contributed by atoms with Gasteiger partial charge in [-0.3, -0.25) is 4.90 Å². The highest BCUT2D eigenvalue weighted by molar-refractivity contribution is 7.19. The fourth-order valence-corrected chi connectivity index (χ4v) is 5.55. The molecule has 2 aromatic heterocycles. The number of ether oxygens (including phenoxy) is 1. The average Bonchev–Trinajstić information content (AvgIpc) is 3.36. The molecule has 1 saturated heterocycles. The van der Waals surface area contributed by atoms with E-state index in [9.17, 15) is 0 Å². The van der Waals surface area contributed by atoms with Crippen LogP contribution in [0.25, 0.3) is 10.2 Å². The van der Waals surface area contributed by atoms with Crippen LogP contribution in [-0.4, -0.2) is 66.2 Å². The lowest BCUT2D eigenvalue weighted by Gasteiger charge is -2.31. The minimum atomic E-state index is 0.191. The van der Waals surface area contributed by atoms with E-state index in [-0.39, 0.29) is 5.41 Å². The molecule has 0 amide bonds. The van der Waals surface area contributed by atoms with Gasteiger partial charge in [-0.1, -0.05) is 6.92 Å². The van der Waals surface area contributed by atoms with Crippen molar-refractivity contribution in [3.05, 3.63) is 21.9 Å². The van der Waals surface area contributed by atoms with Crippen molar-refractivity contribution in [3.8, 4) is 0 Å². The molecule has 28 heavy (non-hydrogen) atoms. The first-order chi connectivity index (χ1) is 13.6. The molecule has 3 heterocycles. The molecular weight excluding hydrogens is 392 g/mol. The number of rotatable bonds is 9. The van der Waals surface area contributed by atoms with Crippen molar-refractivity contribution < 1.29 is 4.74 Å². The van der Waals surface area contributed by atoms with Gasteiger partial charge in [0, 0.05) is 56.2 Å². The molecule has 0 unspecified atom stereocenters. The van der Waals surface area contributed by atoms with Crippen LogP contribution in [0.15, 0.2) is 6.07 Å². The third-order valence-corrected chi connectivity index (χ3v) is 7.30. The molecule has 2 fully saturated rings. The van der Waals surface area contributed by atoms with Gasteiger partial charge in [-0.15, -0.1) is 11.3 Å². The number of fused-ring (bicyclic) bond motifs is 1. The second-order valence-corrected chi connectivity index (χ2v) is 9.82. The van der Waals surface area contributed by atoms with E-state index < -0.39 is 0 Å². The van der Waals surface area contributed by atoms with E-state index in [1.54, 1.807) is 0 Å². The summed E-state index contributed by atoms with van der Waals surface area (Å²) in [5.74, 6) is 0.